The van der Waals surface area contributed by atoms with Crippen molar-refractivity contribution in [2.75, 3.05) is 13.6 Å². The average molecular weight is 289 g/mol. The highest BCUT2D eigenvalue weighted by Crippen LogP contribution is 2.10. The minimum absolute atomic E-state index is 0. The van der Waals surface area contributed by atoms with Crippen LogP contribution in [0.15, 0.2) is 0 Å². The van der Waals surface area contributed by atoms with Crippen LogP contribution in [0.3, 0.4) is 0 Å². The Morgan fingerprint density at radius 2 is 1.35 bits per heavy atom. The van der Waals surface area contributed by atoms with E-state index in [4.69, 9.17) is 5.11 Å². The van der Waals surface area contributed by atoms with Gasteiger partial charge in [-0.15, -0.1) is 0 Å². The molecule has 0 unspecified atom stereocenters. The van der Waals surface area contributed by atoms with Gasteiger partial charge in [0.05, 0.1) is 0 Å². The van der Waals surface area contributed by atoms with Crippen molar-refractivity contribution in [3.8, 4) is 0 Å². The predicted molar refractivity (Wildman–Crippen MR) is 83.1 cm³/mol. The summed E-state index contributed by atoms with van der Waals surface area (Å²) in [5.41, 5.74) is 0. The predicted octanol–water partition coefficient (Wildman–Crippen LogP) is 3.83. The maximum Gasteiger partial charge on any atom is 0.323 e. The van der Waals surface area contributed by atoms with Crippen LogP contribution < -0.4 is 6.15 Å². The number of nitrogens with zero attached hydrogens (tertiary/aromatic N) is 1. The van der Waals surface area contributed by atoms with Gasteiger partial charge in [-0.05, 0) is 6.42 Å². The first kappa shape index (κ1) is 21.2. The molecule has 0 saturated carbocycles. The second kappa shape index (κ2) is 14.3. The lowest BCUT2D eigenvalue weighted by molar-refractivity contribution is -0.143. The van der Waals surface area contributed by atoms with Gasteiger partial charge in [-0.1, -0.05) is 58.3 Å². The normalized spacial score (nSPS) is 9.90. The first-order chi connectivity index (χ1) is 9.07. The van der Waals surface area contributed by atoms with Gasteiger partial charge in [0.2, 0.25) is 5.91 Å². The van der Waals surface area contributed by atoms with Crippen LogP contribution in [0.4, 0.5) is 0 Å². The summed E-state index contributed by atoms with van der Waals surface area (Å²) in [6.45, 7) is 2.02. The number of quaternary nitrogens is 1. The van der Waals surface area contributed by atoms with Gasteiger partial charge in [0.25, 0.3) is 0 Å². The Kier molecular flexibility index (Phi) is 15.2. The van der Waals surface area contributed by atoms with Crippen LogP contribution in [0.25, 0.3) is 0 Å². The van der Waals surface area contributed by atoms with E-state index in [1.807, 2.05) is 0 Å². The minimum atomic E-state index is -0.956. The molecule has 1 amide bonds. The van der Waals surface area contributed by atoms with E-state index in [-0.39, 0.29) is 18.6 Å². The molecule has 120 valence electrons. The van der Waals surface area contributed by atoms with Gasteiger partial charge in [-0.25, -0.2) is 0 Å². The molecule has 0 aromatic heterocycles. The van der Waals surface area contributed by atoms with E-state index in [2.05, 4.69) is 6.92 Å². The number of carbonyl (C=O) groups is 2. The Hall–Kier alpha value is -1.10. The third-order valence-electron chi connectivity index (χ3n) is 3.29. The maximum absolute atomic E-state index is 11.5. The Bertz CT molecular complexity index is 258. The van der Waals surface area contributed by atoms with Crippen LogP contribution in [0, 0.1) is 0 Å². The molecule has 20 heavy (non-hydrogen) atoms. The fourth-order valence-corrected chi connectivity index (χ4v) is 2.07. The number of likely N-dealkylation sites (N-methyl/N-ethyl adjacent to an activating group) is 1. The number of aliphatic carboxylic acids is 1. The zero-order chi connectivity index (χ0) is 14.5. The van der Waals surface area contributed by atoms with E-state index in [0.29, 0.717) is 6.42 Å². The summed E-state index contributed by atoms with van der Waals surface area (Å²) in [7, 11) is 1.55. The first-order valence-corrected chi connectivity index (χ1v) is 7.53. The molecule has 5 N–H and O–H groups in total. The summed E-state index contributed by atoms with van der Waals surface area (Å²) >= 11 is 0. The molecule has 5 nitrogen and oxygen atoms in total. The molecule has 0 aliphatic heterocycles. The Morgan fingerprint density at radius 1 is 0.900 bits per heavy atom. The topological polar surface area (TPSA) is 94.1 Å². The van der Waals surface area contributed by atoms with Gasteiger partial charge >= 0.3 is 5.97 Å². The highest BCUT2D eigenvalue weighted by molar-refractivity contribution is 5.80. The average Bonchev–Trinajstić information content (AvgIpc) is 2.35. The molecular weight excluding hydrogens is 256 g/mol. The summed E-state index contributed by atoms with van der Waals surface area (Å²) in [6.07, 6.45) is 11.4. The van der Waals surface area contributed by atoms with Gasteiger partial charge < -0.3 is 16.2 Å². The maximum atomic E-state index is 11.5. The molecule has 0 fully saturated rings. The molecule has 0 heterocycles. The summed E-state index contributed by atoms with van der Waals surface area (Å²) in [4.78, 5) is 23.3. The highest BCUT2D eigenvalue weighted by atomic mass is 16.4. The zero-order valence-corrected chi connectivity index (χ0v) is 13.5. The Balaban J connectivity index is 0. The van der Waals surface area contributed by atoms with Crippen LogP contribution in [-0.4, -0.2) is 35.5 Å². The molecular formula is C15H33N2O3+. The lowest BCUT2D eigenvalue weighted by Gasteiger charge is -2.14. The van der Waals surface area contributed by atoms with Gasteiger partial charge in [0, 0.05) is 13.5 Å². The molecule has 0 spiro atoms. The van der Waals surface area contributed by atoms with Crippen LogP contribution in [0.1, 0.15) is 71.1 Å². The lowest BCUT2D eigenvalue weighted by Crippen LogP contribution is -2.31. The molecule has 0 rings (SSSR count). The molecule has 0 aliphatic rings. The SMILES string of the molecule is CCCCCCCCCCCC(=O)N(C)CC(=O)O.[NH4+]. The number of carbonyl (C=O) groups excluding carboxylic acids is 1. The number of carboxylic acid groups (broad SMARTS) is 1. The van der Waals surface area contributed by atoms with E-state index in [0.717, 1.165) is 12.8 Å². The molecule has 0 aromatic rings. The monoisotopic (exact) mass is 289 g/mol. The third kappa shape index (κ3) is 13.3. The van der Waals surface area contributed by atoms with Crippen molar-refractivity contribution < 1.29 is 14.7 Å². The van der Waals surface area contributed by atoms with Crippen molar-refractivity contribution >= 4 is 11.9 Å². The molecule has 0 radical (unpaired) electrons. The minimum Gasteiger partial charge on any atom is -0.480 e. The van der Waals surface area contributed by atoms with Crippen LogP contribution >= 0.6 is 0 Å². The second-order valence-electron chi connectivity index (χ2n) is 5.22. The summed E-state index contributed by atoms with van der Waals surface area (Å²) < 4.78 is 0. The molecule has 0 aromatic carbocycles. The van der Waals surface area contributed by atoms with Gasteiger partial charge in [-0.3, -0.25) is 9.59 Å². The van der Waals surface area contributed by atoms with Gasteiger partial charge in [-0.2, -0.15) is 0 Å². The number of hydrogen-bond acceptors (Lipinski definition) is 2. The second-order valence-corrected chi connectivity index (χ2v) is 5.22. The molecule has 0 bridgehead atoms. The molecule has 5 heteroatoms. The molecule has 0 aliphatic carbocycles. The van der Waals surface area contributed by atoms with Crippen molar-refractivity contribution in [3.05, 3.63) is 0 Å². The Morgan fingerprint density at radius 3 is 1.80 bits per heavy atom. The van der Waals surface area contributed by atoms with Gasteiger partial charge in [0.1, 0.15) is 6.54 Å². The number of unbranched alkanes of at least 4 members (excludes halogenated alkanes) is 8. The molecule has 0 atom stereocenters. The smallest absolute Gasteiger partial charge is 0.323 e. The third-order valence-corrected chi connectivity index (χ3v) is 3.29. The number of hydrogen-bond donors (Lipinski definition) is 2. The van der Waals surface area contributed by atoms with Crippen LogP contribution in [0.5, 0.6) is 0 Å². The van der Waals surface area contributed by atoms with E-state index < -0.39 is 5.97 Å². The fraction of sp³-hybridized carbons (Fsp3) is 0.867. The van der Waals surface area contributed by atoms with Crippen molar-refractivity contribution in [2.45, 2.75) is 71.1 Å². The fourth-order valence-electron chi connectivity index (χ4n) is 2.07. The van der Waals surface area contributed by atoms with E-state index >= 15 is 0 Å². The van der Waals surface area contributed by atoms with E-state index in [9.17, 15) is 9.59 Å². The summed E-state index contributed by atoms with van der Waals surface area (Å²) in [5.74, 6) is -1.02. The summed E-state index contributed by atoms with van der Waals surface area (Å²) in [6, 6.07) is 0. The quantitative estimate of drug-likeness (QED) is 0.534. The van der Waals surface area contributed by atoms with E-state index in [1.54, 1.807) is 7.05 Å². The van der Waals surface area contributed by atoms with Crippen molar-refractivity contribution in [1.82, 2.24) is 11.1 Å². The Labute approximate surface area is 123 Å². The van der Waals surface area contributed by atoms with Crippen molar-refractivity contribution in [1.29, 1.82) is 0 Å². The van der Waals surface area contributed by atoms with Gasteiger partial charge in [0.15, 0.2) is 0 Å². The lowest BCUT2D eigenvalue weighted by atomic mass is 10.1. The van der Waals surface area contributed by atoms with Crippen molar-refractivity contribution in [3.63, 3.8) is 0 Å². The van der Waals surface area contributed by atoms with E-state index in [1.165, 1.54) is 49.8 Å². The molecule has 0 saturated heterocycles. The van der Waals surface area contributed by atoms with Crippen molar-refractivity contribution in [2.24, 2.45) is 0 Å². The number of amides is 1. The largest absolute Gasteiger partial charge is 0.480 e. The number of rotatable bonds is 12. The van der Waals surface area contributed by atoms with Crippen LogP contribution in [-0.2, 0) is 9.59 Å². The highest BCUT2D eigenvalue weighted by Gasteiger charge is 2.10. The standard InChI is InChI=1S/C15H29NO3.H3N/c1-3-4-5-6-7-8-9-10-11-12-14(17)16(2)13-15(18)19;/h3-13H2,1-2H3,(H,18,19);1H3/p+1. The zero-order valence-electron chi connectivity index (χ0n) is 13.5. The first-order valence-electron chi connectivity index (χ1n) is 7.53. The summed E-state index contributed by atoms with van der Waals surface area (Å²) in [5, 5.41) is 8.57. The number of carboxylic acids is 1. The van der Waals surface area contributed by atoms with Crippen LogP contribution in [0.2, 0.25) is 0 Å².